The van der Waals surface area contributed by atoms with Crippen molar-refractivity contribution in [3.8, 4) is 0 Å². The molecule has 0 spiro atoms. The first-order chi connectivity index (χ1) is 4.74. The van der Waals surface area contributed by atoms with Crippen LogP contribution in [-0.2, 0) is 4.79 Å². The standard InChI is InChI=1S/C8H8OS/c1-6-2-3-7(5-9)8(10)4-6/h2-3,5H,4H2,1H3. The van der Waals surface area contributed by atoms with Crippen molar-refractivity contribution in [3.63, 3.8) is 0 Å². The lowest BCUT2D eigenvalue weighted by atomic mass is 10.0. The van der Waals surface area contributed by atoms with Crippen LogP contribution in [0.1, 0.15) is 13.3 Å². The van der Waals surface area contributed by atoms with E-state index in [0.717, 1.165) is 17.6 Å². The minimum atomic E-state index is 0.653. The summed E-state index contributed by atoms with van der Waals surface area (Å²) in [6.07, 6.45) is 5.28. The van der Waals surface area contributed by atoms with Crippen molar-refractivity contribution in [1.82, 2.24) is 0 Å². The maximum absolute atomic E-state index is 10.3. The van der Waals surface area contributed by atoms with Gasteiger partial charge in [-0.05, 0) is 6.92 Å². The Morgan fingerprint density at radius 2 is 2.30 bits per heavy atom. The van der Waals surface area contributed by atoms with Crippen molar-refractivity contribution >= 4 is 23.4 Å². The molecule has 0 saturated heterocycles. The number of allylic oxidation sites excluding steroid dienone is 4. The Hall–Kier alpha value is -0.760. The van der Waals surface area contributed by atoms with Crippen LogP contribution in [0.4, 0.5) is 0 Å². The van der Waals surface area contributed by atoms with E-state index >= 15 is 0 Å². The highest BCUT2D eigenvalue weighted by Crippen LogP contribution is 2.13. The summed E-state index contributed by atoms with van der Waals surface area (Å²) in [6.45, 7) is 2.00. The van der Waals surface area contributed by atoms with Crippen LogP contribution >= 0.6 is 12.2 Å². The molecule has 0 fully saturated rings. The molecule has 1 aliphatic carbocycles. The number of carbonyl (C=O) groups is 1. The largest absolute Gasteiger partial charge is 0.298 e. The van der Waals surface area contributed by atoms with E-state index in [1.807, 2.05) is 13.0 Å². The lowest BCUT2D eigenvalue weighted by Gasteiger charge is -2.07. The molecule has 0 heterocycles. The fourth-order valence-corrected chi connectivity index (χ4v) is 1.19. The van der Waals surface area contributed by atoms with Crippen molar-refractivity contribution in [2.45, 2.75) is 13.3 Å². The minimum Gasteiger partial charge on any atom is -0.298 e. The normalized spacial score (nSPS) is 17.9. The van der Waals surface area contributed by atoms with Crippen molar-refractivity contribution in [2.24, 2.45) is 0 Å². The van der Waals surface area contributed by atoms with E-state index in [2.05, 4.69) is 0 Å². The summed E-state index contributed by atoms with van der Waals surface area (Å²) in [6, 6.07) is 0. The predicted octanol–water partition coefficient (Wildman–Crippen LogP) is 1.83. The molecular formula is C8H8OS. The maximum atomic E-state index is 10.3. The van der Waals surface area contributed by atoms with E-state index in [1.165, 1.54) is 5.57 Å². The first-order valence-electron chi connectivity index (χ1n) is 3.10. The molecule has 2 heteroatoms. The first-order valence-corrected chi connectivity index (χ1v) is 3.50. The highest BCUT2D eigenvalue weighted by atomic mass is 32.1. The highest BCUT2D eigenvalue weighted by Gasteiger charge is 2.07. The Morgan fingerprint density at radius 1 is 1.60 bits per heavy atom. The average molecular weight is 152 g/mol. The molecule has 0 aromatic rings. The van der Waals surface area contributed by atoms with Gasteiger partial charge < -0.3 is 0 Å². The Bertz CT molecular complexity index is 236. The van der Waals surface area contributed by atoms with Crippen LogP contribution in [-0.4, -0.2) is 11.2 Å². The first kappa shape index (κ1) is 7.35. The van der Waals surface area contributed by atoms with Gasteiger partial charge in [-0.15, -0.1) is 0 Å². The van der Waals surface area contributed by atoms with Gasteiger partial charge in [0.25, 0.3) is 0 Å². The molecule has 0 atom stereocenters. The number of hydrogen-bond acceptors (Lipinski definition) is 2. The molecule has 0 unspecified atom stereocenters. The zero-order chi connectivity index (χ0) is 7.56. The lowest BCUT2D eigenvalue weighted by molar-refractivity contribution is -0.104. The zero-order valence-corrected chi connectivity index (χ0v) is 6.57. The minimum absolute atomic E-state index is 0.653. The van der Waals surface area contributed by atoms with Gasteiger partial charge in [-0.1, -0.05) is 29.9 Å². The van der Waals surface area contributed by atoms with Gasteiger partial charge in [0, 0.05) is 16.9 Å². The zero-order valence-electron chi connectivity index (χ0n) is 5.76. The van der Waals surface area contributed by atoms with E-state index in [4.69, 9.17) is 12.2 Å². The van der Waals surface area contributed by atoms with E-state index in [9.17, 15) is 4.79 Å². The fraction of sp³-hybridized carbons (Fsp3) is 0.250. The van der Waals surface area contributed by atoms with Crippen molar-refractivity contribution in [2.75, 3.05) is 0 Å². The summed E-state index contributed by atoms with van der Waals surface area (Å²) >= 11 is 4.96. The van der Waals surface area contributed by atoms with E-state index in [1.54, 1.807) is 6.08 Å². The van der Waals surface area contributed by atoms with E-state index < -0.39 is 0 Å². The molecular weight excluding hydrogens is 144 g/mol. The SMILES string of the molecule is CC1=CC=C(C=O)C(=S)C1. The molecule has 0 aromatic heterocycles. The Kier molecular flexibility index (Phi) is 2.12. The number of carbonyl (C=O) groups excluding carboxylic acids is 1. The smallest absolute Gasteiger partial charge is 0.151 e. The number of aldehydes is 1. The van der Waals surface area contributed by atoms with Crippen LogP contribution in [0, 0.1) is 0 Å². The summed E-state index contributed by atoms with van der Waals surface area (Å²) in [7, 11) is 0. The summed E-state index contributed by atoms with van der Waals surface area (Å²) in [5, 5.41) is 0. The van der Waals surface area contributed by atoms with Gasteiger partial charge >= 0.3 is 0 Å². The second-order valence-electron chi connectivity index (χ2n) is 2.35. The third-order valence-corrected chi connectivity index (χ3v) is 1.82. The van der Waals surface area contributed by atoms with Crippen molar-refractivity contribution in [1.29, 1.82) is 0 Å². The van der Waals surface area contributed by atoms with Gasteiger partial charge in [0.05, 0.1) is 0 Å². The average Bonchev–Trinajstić information content (AvgIpc) is 1.88. The van der Waals surface area contributed by atoms with Crippen LogP contribution in [0.15, 0.2) is 23.3 Å². The van der Waals surface area contributed by atoms with E-state index in [0.29, 0.717) is 5.57 Å². The van der Waals surface area contributed by atoms with Gasteiger partial charge in [0.15, 0.2) is 6.29 Å². The summed E-state index contributed by atoms with van der Waals surface area (Å²) in [5.41, 5.74) is 1.87. The third-order valence-electron chi connectivity index (χ3n) is 1.44. The Labute approximate surface area is 65.4 Å². The van der Waals surface area contributed by atoms with Gasteiger partial charge in [-0.2, -0.15) is 0 Å². The Balaban J connectivity index is 2.92. The van der Waals surface area contributed by atoms with Crippen LogP contribution < -0.4 is 0 Å². The maximum Gasteiger partial charge on any atom is 0.151 e. The number of rotatable bonds is 1. The molecule has 0 radical (unpaired) electrons. The number of thiocarbonyl (C=S) groups is 1. The summed E-state index contributed by atoms with van der Waals surface area (Å²) in [4.78, 5) is 11.1. The van der Waals surface area contributed by atoms with Gasteiger partial charge in [-0.3, -0.25) is 4.79 Å². The molecule has 0 saturated carbocycles. The van der Waals surface area contributed by atoms with Crippen LogP contribution in [0.5, 0.6) is 0 Å². The molecule has 1 aliphatic rings. The molecule has 1 rings (SSSR count). The molecule has 0 aliphatic heterocycles. The number of hydrogen-bond donors (Lipinski definition) is 0. The summed E-state index contributed by atoms with van der Waals surface area (Å²) < 4.78 is 0. The highest BCUT2D eigenvalue weighted by molar-refractivity contribution is 7.81. The molecule has 52 valence electrons. The van der Waals surface area contributed by atoms with Crippen molar-refractivity contribution < 1.29 is 4.79 Å². The topological polar surface area (TPSA) is 17.1 Å². The molecule has 1 nitrogen and oxygen atoms in total. The predicted molar refractivity (Wildman–Crippen MR) is 45.1 cm³/mol. The summed E-state index contributed by atoms with van der Waals surface area (Å²) in [5.74, 6) is 0. The second-order valence-corrected chi connectivity index (χ2v) is 2.85. The molecule has 0 amide bonds. The van der Waals surface area contributed by atoms with Gasteiger partial charge in [0.1, 0.15) is 0 Å². The van der Waals surface area contributed by atoms with Gasteiger partial charge in [-0.25, -0.2) is 0 Å². The van der Waals surface area contributed by atoms with Crippen molar-refractivity contribution in [3.05, 3.63) is 23.3 Å². The molecule has 10 heavy (non-hydrogen) atoms. The van der Waals surface area contributed by atoms with Gasteiger partial charge in [0.2, 0.25) is 0 Å². The Morgan fingerprint density at radius 3 is 2.80 bits per heavy atom. The van der Waals surface area contributed by atoms with Crippen LogP contribution in [0.25, 0.3) is 0 Å². The molecule has 0 N–H and O–H groups in total. The molecule has 0 aromatic carbocycles. The van der Waals surface area contributed by atoms with E-state index in [-0.39, 0.29) is 0 Å². The van der Waals surface area contributed by atoms with Crippen LogP contribution in [0.3, 0.4) is 0 Å². The fourth-order valence-electron chi connectivity index (χ4n) is 0.844. The quantitative estimate of drug-likeness (QED) is 0.421. The second kappa shape index (κ2) is 2.88. The molecule has 0 bridgehead atoms. The monoisotopic (exact) mass is 152 g/mol. The van der Waals surface area contributed by atoms with Crippen LogP contribution in [0.2, 0.25) is 0 Å². The third kappa shape index (κ3) is 1.39. The lowest BCUT2D eigenvalue weighted by Crippen LogP contribution is -2.04.